The van der Waals surface area contributed by atoms with E-state index >= 15 is 0 Å². The molecule has 0 bridgehead atoms. The first kappa shape index (κ1) is 21.2. The van der Waals surface area contributed by atoms with Crippen LogP contribution in [-0.2, 0) is 0 Å². The minimum absolute atomic E-state index is 0.0959. The molecule has 1 fully saturated rings. The summed E-state index contributed by atoms with van der Waals surface area (Å²) in [6.45, 7) is 8.48. The fourth-order valence-electron chi connectivity index (χ4n) is 2.84. The zero-order valence-corrected chi connectivity index (χ0v) is 15.8. The smallest absolute Gasteiger partial charge is 0.269 e. The highest BCUT2D eigenvalue weighted by Gasteiger charge is 2.19. The van der Waals surface area contributed by atoms with Crippen molar-refractivity contribution in [3.8, 4) is 0 Å². The molecule has 1 aliphatic heterocycles. The third kappa shape index (κ3) is 5.98. The molecule has 8 nitrogen and oxygen atoms in total. The Bertz CT molecular complexity index is 789. The van der Waals surface area contributed by atoms with Gasteiger partial charge in [0.15, 0.2) is 0 Å². The zero-order chi connectivity index (χ0) is 20.7. The summed E-state index contributed by atoms with van der Waals surface area (Å²) < 4.78 is 12.1. The fourth-order valence-corrected chi connectivity index (χ4v) is 2.84. The van der Waals surface area contributed by atoms with Gasteiger partial charge in [-0.25, -0.2) is 4.39 Å². The van der Waals surface area contributed by atoms with Crippen LogP contribution in [0.4, 0.5) is 21.5 Å². The molecule has 0 saturated carbocycles. The SMILES string of the molecule is CC(C)N1CCN(c2ccc([N+](=O)[O-])cc2)CC1.O=[N+]([O-])c1ccc(F)cc1. The first-order valence-corrected chi connectivity index (χ1v) is 8.91. The van der Waals surface area contributed by atoms with Crippen LogP contribution in [0, 0.1) is 26.0 Å². The summed E-state index contributed by atoms with van der Waals surface area (Å²) in [5.74, 6) is -0.467. The lowest BCUT2D eigenvalue weighted by Gasteiger charge is -2.38. The molecular formula is C19H23FN4O4. The molecule has 0 amide bonds. The Morgan fingerprint density at radius 3 is 1.64 bits per heavy atom. The van der Waals surface area contributed by atoms with Crippen LogP contribution in [0.2, 0.25) is 0 Å². The maximum atomic E-state index is 12.1. The number of anilines is 1. The fraction of sp³-hybridized carbons (Fsp3) is 0.368. The van der Waals surface area contributed by atoms with Crippen molar-refractivity contribution in [2.24, 2.45) is 0 Å². The van der Waals surface area contributed by atoms with E-state index in [1.165, 1.54) is 0 Å². The molecule has 0 radical (unpaired) electrons. The van der Waals surface area contributed by atoms with Gasteiger partial charge < -0.3 is 4.90 Å². The zero-order valence-electron chi connectivity index (χ0n) is 15.8. The average molecular weight is 390 g/mol. The minimum atomic E-state index is -0.570. The van der Waals surface area contributed by atoms with Crippen molar-refractivity contribution < 1.29 is 14.2 Å². The standard InChI is InChI=1S/C13H19N3O2.C6H4FNO2/c1-11(2)14-7-9-15(10-8-14)12-3-5-13(6-4-12)16(17)18;7-5-1-3-6(4-2-5)8(9)10/h3-6,11H,7-10H2,1-2H3;1-4H. The highest BCUT2D eigenvalue weighted by molar-refractivity contribution is 5.51. The van der Waals surface area contributed by atoms with E-state index in [0.717, 1.165) is 56.1 Å². The Hall–Kier alpha value is -3.07. The first-order chi connectivity index (χ1) is 13.3. The molecule has 1 aliphatic rings. The van der Waals surface area contributed by atoms with Crippen molar-refractivity contribution in [3.05, 3.63) is 74.6 Å². The lowest BCUT2D eigenvalue weighted by atomic mass is 10.2. The number of rotatable bonds is 4. The van der Waals surface area contributed by atoms with Gasteiger partial charge in [-0.15, -0.1) is 0 Å². The Balaban J connectivity index is 0.000000237. The third-order valence-corrected chi connectivity index (χ3v) is 4.51. The Kier molecular flexibility index (Phi) is 7.39. The number of halogens is 1. The average Bonchev–Trinajstić information content (AvgIpc) is 2.69. The molecule has 1 saturated heterocycles. The van der Waals surface area contributed by atoms with E-state index in [1.807, 2.05) is 12.1 Å². The van der Waals surface area contributed by atoms with Crippen LogP contribution in [0.25, 0.3) is 0 Å². The molecule has 0 atom stereocenters. The van der Waals surface area contributed by atoms with Crippen molar-refractivity contribution in [1.82, 2.24) is 4.90 Å². The molecule has 0 aromatic heterocycles. The van der Waals surface area contributed by atoms with Crippen molar-refractivity contribution in [1.29, 1.82) is 0 Å². The quantitative estimate of drug-likeness (QED) is 0.581. The number of non-ortho nitro benzene ring substituents is 2. The van der Waals surface area contributed by atoms with Crippen molar-refractivity contribution in [3.63, 3.8) is 0 Å². The maximum Gasteiger partial charge on any atom is 0.269 e. The van der Waals surface area contributed by atoms with Crippen molar-refractivity contribution in [2.75, 3.05) is 31.1 Å². The monoisotopic (exact) mass is 390 g/mol. The summed E-state index contributed by atoms with van der Waals surface area (Å²) in [7, 11) is 0. The summed E-state index contributed by atoms with van der Waals surface area (Å²) in [6, 6.07) is 11.8. The number of nitro groups is 2. The summed E-state index contributed by atoms with van der Waals surface area (Å²) >= 11 is 0. The van der Waals surface area contributed by atoms with Gasteiger partial charge in [-0.1, -0.05) is 0 Å². The van der Waals surface area contributed by atoms with E-state index < -0.39 is 10.7 Å². The minimum Gasteiger partial charge on any atom is -0.369 e. The lowest BCUT2D eigenvalue weighted by molar-refractivity contribution is -0.385. The number of hydrogen-bond acceptors (Lipinski definition) is 6. The van der Waals surface area contributed by atoms with Gasteiger partial charge in [0, 0.05) is 62.2 Å². The number of nitro benzene ring substituents is 2. The predicted molar refractivity (Wildman–Crippen MR) is 105 cm³/mol. The second-order valence-electron chi connectivity index (χ2n) is 6.62. The van der Waals surface area contributed by atoms with Crippen LogP contribution in [0.3, 0.4) is 0 Å². The Labute approximate surface area is 162 Å². The summed E-state index contributed by atoms with van der Waals surface area (Å²) in [4.78, 5) is 24.4. The topological polar surface area (TPSA) is 92.8 Å². The molecule has 0 N–H and O–H groups in total. The molecular weight excluding hydrogens is 367 g/mol. The van der Waals surface area contributed by atoms with Crippen LogP contribution in [0.5, 0.6) is 0 Å². The van der Waals surface area contributed by atoms with E-state index in [4.69, 9.17) is 0 Å². The Morgan fingerprint density at radius 2 is 1.25 bits per heavy atom. The second kappa shape index (κ2) is 9.75. The maximum absolute atomic E-state index is 12.1. The van der Waals surface area contributed by atoms with E-state index in [-0.39, 0.29) is 16.3 Å². The van der Waals surface area contributed by atoms with Gasteiger partial charge in [0.05, 0.1) is 9.85 Å². The van der Waals surface area contributed by atoms with Gasteiger partial charge in [0.1, 0.15) is 5.82 Å². The molecule has 9 heteroatoms. The van der Waals surface area contributed by atoms with Crippen molar-refractivity contribution >= 4 is 17.1 Å². The molecule has 2 aromatic rings. The van der Waals surface area contributed by atoms with Gasteiger partial charge in [-0.05, 0) is 38.1 Å². The molecule has 0 aliphatic carbocycles. The van der Waals surface area contributed by atoms with Crippen LogP contribution >= 0.6 is 0 Å². The Morgan fingerprint density at radius 1 is 0.821 bits per heavy atom. The molecule has 28 heavy (non-hydrogen) atoms. The van der Waals surface area contributed by atoms with Gasteiger partial charge in [0.2, 0.25) is 0 Å². The van der Waals surface area contributed by atoms with Crippen LogP contribution in [-0.4, -0.2) is 47.0 Å². The van der Waals surface area contributed by atoms with Crippen LogP contribution in [0.15, 0.2) is 48.5 Å². The number of nitrogens with zero attached hydrogens (tertiary/aromatic N) is 4. The molecule has 1 heterocycles. The summed E-state index contributed by atoms with van der Waals surface area (Å²) in [6.07, 6.45) is 0. The molecule has 0 unspecified atom stereocenters. The van der Waals surface area contributed by atoms with Crippen LogP contribution < -0.4 is 4.90 Å². The van der Waals surface area contributed by atoms with E-state index in [1.54, 1.807) is 12.1 Å². The van der Waals surface area contributed by atoms with Gasteiger partial charge >= 0.3 is 0 Å². The molecule has 150 valence electrons. The molecule has 0 spiro atoms. The normalized spacial score (nSPS) is 14.4. The van der Waals surface area contributed by atoms with Crippen molar-refractivity contribution in [2.45, 2.75) is 19.9 Å². The van der Waals surface area contributed by atoms with E-state index in [2.05, 4.69) is 23.6 Å². The van der Waals surface area contributed by atoms with Gasteiger partial charge in [0.25, 0.3) is 11.4 Å². The lowest BCUT2D eigenvalue weighted by Crippen LogP contribution is -2.48. The summed E-state index contributed by atoms with van der Waals surface area (Å²) in [5.41, 5.74) is 1.13. The second-order valence-corrected chi connectivity index (χ2v) is 6.62. The molecule has 3 rings (SSSR count). The largest absolute Gasteiger partial charge is 0.369 e. The van der Waals surface area contributed by atoms with E-state index in [0.29, 0.717) is 6.04 Å². The van der Waals surface area contributed by atoms with Gasteiger partial charge in [-0.3, -0.25) is 25.1 Å². The number of hydrogen-bond donors (Lipinski definition) is 0. The predicted octanol–water partition coefficient (Wildman–Crippen LogP) is 3.86. The molecule has 2 aromatic carbocycles. The first-order valence-electron chi connectivity index (χ1n) is 8.91. The number of piperazine rings is 1. The number of benzene rings is 2. The highest BCUT2D eigenvalue weighted by atomic mass is 19.1. The third-order valence-electron chi connectivity index (χ3n) is 4.51. The van der Waals surface area contributed by atoms with E-state index in [9.17, 15) is 24.6 Å². The van der Waals surface area contributed by atoms with Crippen LogP contribution in [0.1, 0.15) is 13.8 Å². The highest BCUT2D eigenvalue weighted by Crippen LogP contribution is 2.21. The van der Waals surface area contributed by atoms with Gasteiger partial charge in [-0.2, -0.15) is 0 Å². The summed E-state index contributed by atoms with van der Waals surface area (Å²) in [5, 5.41) is 20.6.